The lowest BCUT2D eigenvalue weighted by Gasteiger charge is -2.13. The molecule has 10 nitrogen and oxygen atoms in total. The van der Waals surface area contributed by atoms with Crippen molar-refractivity contribution in [3.63, 3.8) is 0 Å². The quantitative estimate of drug-likeness (QED) is 0.740. The summed E-state index contributed by atoms with van der Waals surface area (Å²) in [7, 11) is 1.35. The number of carbonyl (C=O) groups is 2. The molecule has 0 aliphatic heterocycles. The molecular weight excluding hydrogens is 356 g/mol. The lowest BCUT2D eigenvalue weighted by molar-refractivity contribution is -0.144. The van der Waals surface area contributed by atoms with Crippen LogP contribution in [0.5, 0.6) is 0 Å². The van der Waals surface area contributed by atoms with Crippen molar-refractivity contribution in [2.75, 3.05) is 7.11 Å². The number of carboxylic acids is 1. The molecule has 2 rings (SSSR count). The van der Waals surface area contributed by atoms with Crippen LogP contribution >= 0.6 is 0 Å². The molecule has 2 aromatic rings. The molecular formula is C17H26N4O6. The number of aliphatic carboxylic acids is 1. The zero-order chi connectivity index (χ0) is 20.7. The van der Waals surface area contributed by atoms with Gasteiger partial charge in [-0.3, -0.25) is 9.59 Å². The molecule has 27 heavy (non-hydrogen) atoms. The Morgan fingerprint density at radius 2 is 1.30 bits per heavy atom. The summed E-state index contributed by atoms with van der Waals surface area (Å²) in [6.45, 7) is 10.8. The number of hydrogen-bond donors (Lipinski definition) is 1. The summed E-state index contributed by atoms with van der Waals surface area (Å²) in [5.74, 6) is -0.954. The van der Waals surface area contributed by atoms with Gasteiger partial charge in [0.1, 0.15) is 11.8 Å². The smallest absolute Gasteiger partial charge is 0.318 e. The monoisotopic (exact) mass is 382 g/mol. The minimum Gasteiger partial charge on any atom is -0.481 e. The van der Waals surface area contributed by atoms with E-state index in [1.165, 1.54) is 7.11 Å². The Bertz CT molecular complexity index is 752. The van der Waals surface area contributed by atoms with E-state index in [4.69, 9.17) is 14.2 Å². The third-order valence-electron chi connectivity index (χ3n) is 3.67. The fourth-order valence-electron chi connectivity index (χ4n) is 2.34. The zero-order valence-corrected chi connectivity index (χ0v) is 16.6. The second-order valence-corrected chi connectivity index (χ2v) is 6.66. The Morgan fingerprint density at radius 3 is 1.56 bits per heavy atom. The second kappa shape index (κ2) is 9.79. The van der Waals surface area contributed by atoms with Gasteiger partial charge >= 0.3 is 11.9 Å². The molecule has 2 atom stereocenters. The van der Waals surface area contributed by atoms with Crippen molar-refractivity contribution in [3.8, 4) is 0 Å². The van der Waals surface area contributed by atoms with Crippen molar-refractivity contribution >= 4 is 11.9 Å². The van der Waals surface area contributed by atoms with E-state index >= 15 is 0 Å². The molecule has 2 unspecified atom stereocenters. The van der Waals surface area contributed by atoms with Crippen LogP contribution in [0.2, 0.25) is 0 Å². The van der Waals surface area contributed by atoms with Crippen molar-refractivity contribution in [1.82, 2.24) is 20.3 Å². The van der Waals surface area contributed by atoms with Crippen molar-refractivity contribution in [3.05, 3.63) is 23.4 Å². The Balaban J connectivity index is 0.000000271. The van der Waals surface area contributed by atoms with E-state index in [1.54, 1.807) is 27.7 Å². The Kier molecular flexibility index (Phi) is 8.07. The van der Waals surface area contributed by atoms with Crippen LogP contribution in [0.25, 0.3) is 0 Å². The number of rotatable bonds is 6. The number of aryl methyl sites for hydroxylation is 2. The van der Waals surface area contributed by atoms with E-state index in [2.05, 4.69) is 25.0 Å². The molecule has 0 spiro atoms. The van der Waals surface area contributed by atoms with Gasteiger partial charge in [0.2, 0.25) is 11.8 Å². The molecule has 2 heterocycles. The molecule has 0 fully saturated rings. The first-order valence-electron chi connectivity index (χ1n) is 8.49. The molecule has 0 amide bonds. The topological polar surface area (TPSA) is 141 Å². The SMILES string of the molecule is COC(=O)C(c1nc(C)no1)C(C)C.Cc1noc(C(C(=O)O)C(C)C)n1. The van der Waals surface area contributed by atoms with E-state index < -0.39 is 17.8 Å². The van der Waals surface area contributed by atoms with E-state index in [9.17, 15) is 9.59 Å². The van der Waals surface area contributed by atoms with Gasteiger partial charge < -0.3 is 18.9 Å². The first-order chi connectivity index (χ1) is 12.6. The maximum atomic E-state index is 11.4. The zero-order valence-electron chi connectivity index (χ0n) is 16.6. The molecule has 0 aromatic carbocycles. The summed E-state index contributed by atoms with van der Waals surface area (Å²) >= 11 is 0. The van der Waals surface area contributed by atoms with E-state index in [1.807, 2.05) is 13.8 Å². The van der Waals surface area contributed by atoms with Crippen LogP contribution in [0.1, 0.15) is 63.0 Å². The predicted octanol–water partition coefficient (Wildman–Crippen LogP) is 2.49. The van der Waals surface area contributed by atoms with E-state index in [-0.39, 0.29) is 23.7 Å². The maximum Gasteiger partial charge on any atom is 0.318 e. The average Bonchev–Trinajstić information content (AvgIpc) is 3.16. The highest BCUT2D eigenvalue weighted by molar-refractivity contribution is 5.77. The number of ether oxygens (including phenoxy) is 1. The van der Waals surface area contributed by atoms with Crippen molar-refractivity contribution in [1.29, 1.82) is 0 Å². The summed E-state index contributed by atoms with van der Waals surface area (Å²) in [4.78, 5) is 30.2. The number of methoxy groups -OCH3 is 1. The number of esters is 1. The van der Waals surface area contributed by atoms with Gasteiger partial charge in [-0.25, -0.2) is 0 Å². The highest BCUT2D eigenvalue weighted by Crippen LogP contribution is 2.24. The molecule has 10 heteroatoms. The van der Waals surface area contributed by atoms with Gasteiger partial charge in [-0.15, -0.1) is 0 Å². The van der Waals surface area contributed by atoms with Crippen molar-refractivity contribution in [2.45, 2.75) is 53.4 Å². The van der Waals surface area contributed by atoms with Crippen LogP contribution in [0, 0.1) is 25.7 Å². The van der Waals surface area contributed by atoms with E-state index in [0.29, 0.717) is 17.5 Å². The summed E-state index contributed by atoms with van der Waals surface area (Å²) in [5, 5.41) is 16.1. The lowest BCUT2D eigenvalue weighted by Crippen LogP contribution is -2.19. The van der Waals surface area contributed by atoms with Gasteiger partial charge in [0.25, 0.3) is 0 Å². The molecule has 1 N–H and O–H groups in total. The van der Waals surface area contributed by atoms with Crippen LogP contribution in [-0.2, 0) is 14.3 Å². The highest BCUT2D eigenvalue weighted by Gasteiger charge is 2.30. The Labute approximate surface area is 157 Å². The summed E-state index contributed by atoms with van der Waals surface area (Å²) < 4.78 is 14.4. The number of carboxylic acid groups (broad SMARTS) is 1. The maximum absolute atomic E-state index is 11.4. The van der Waals surface area contributed by atoms with E-state index in [0.717, 1.165) is 0 Å². The highest BCUT2D eigenvalue weighted by atomic mass is 16.5. The molecule has 0 saturated heterocycles. The molecule has 150 valence electrons. The van der Waals surface area contributed by atoms with Gasteiger partial charge in [0.05, 0.1) is 7.11 Å². The lowest BCUT2D eigenvalue weighted by atomic mass is 9.96. The minimum absolute atomic E-state index is 0.0580. The molecule has 0 aliphatic rings. The number of carbonyl (C=O) groups excluding carboxylic acids is 1. The average molecular weight is 382 g/mol. The molecule has 0 aliphatic carbocycles. The first-order valence-corrected chi connectivity index (χ1v) is 8.49. The van der Waals surface area contributed by atoms with Gasteiger partial charge in [-0.1, -0.05) is 38.0 Å². The summed E-state index contributed by atoms with van der Waals surface area (Å²) in [6, 6.07) is 0. The molecule has 0 saturated carbocycles. The first kappa shape index (κ1) is 22.3. The number of nitrogens with zero attached hydrogens (tertiary/aromatic N) is 4. The van der Waals surface area contributed by atoms with Gasteiger partial charge in [0, 0.05) is 0 Å². The van der Waals surface area contributed by atoms with Gasteiger partial charge in [0.15, 0.2) is 11.6 Å². The number of aromatic nitrogens is 4. The largest absolute Gasteiger partial charge is 0.481 e. The normalized spacial score (nSPS) is 13.1. The summed E-state index contributed by atoms with van der Waals surface area (Å²) in [5.41, 5.74) is 0. The van der Waals surface area contributed by atoms with Gasteiger partial charge in [-0.05, 0) is 25.7 Å². The number of hydrogen-bond acceptors (Lipinski definition) is 9. The van der Waals surface area contributed by atoms with Crippen LogP contribution in [-0.4, -0.2) is 44.4 Å². The minimum atomic E-state index is -0.932. The molecule has 0 bridgehead atoms. The summed E-state index contributed by atoms with van der Waals surface area (Å²) in [6.07, 6.45) is 0. The third kappa shape index (κ3) is 6.15. The third-order valence-corrected chi connectivity index (χ3v) is 3.67. The second-order valence-electron chi connectivity index (χ2n) is 6.66. The van der Waals surface area contributed by atoms with Crippen LogP contribution in [0.15, 0.2) is 9.05 Å². The van der Waals surface area contributed by atoms with Crippen molar-refractivity contribution in [2.24, 2.45) is 11.8 Å². The Hall–Kier alpha value is -2.78. The molecule has 2 aromatic heterocycles. The fraction of sp³-hybridized carbons (Fsp3) is 0.647. The van der Waals surface area contributed by atoms with Crippen LogP contribution in [0.3, 0.4) is 0 Å². The molecule has 0 radical (unpaired) electrons. The van der Waals surface area contributed by atoms with Crippen LogP contribution < -0.4 is 0 Å². The predicted molar refractivity (Wildman–Crippen MR) is 92.9 cm³/mol. The van der Waals surface area contributed by atoms with Crippen LogP contribution in [0.4, 0.5) is 0 Å². The van der Waals surface area contributed by atoms with Crippen molar-refractivity contribution < 1.29 is 28.5 Å². The van der Waals surface area contributed by atoms with Gasteiger partial charge in [-0.2, -0.15) is 9.97 Å². The standard InChI is InChI=1S/C9H14N2O3.C8H12N2O3/c1-5(2)7(9(12)13-4)8-10-6(3)11-14-8;1-4(2)6(8(11)12)7-9-5(3)10-13-7/h5,7H,1-4H3;4,6H,1-3H3,(H,11,12). The Morgan fingerprint density at radius 1 is 0.889 bits per heavy atom. The fourth-order valence-corrected chi connectivity index (χ4v) is 2.34.